The first-order chi connectivity index (χ1) is 11.2. The van der Waals surface area contributed by atoms with Gasteiger partial charge >= 0.3 is 0 Å². The average Bonchev–Trinajstić information content (AvgIpc) is 2.57. The van der Waals surface area contributed by atoms with Gasteiger partial charge in [0.15, 0.2) is 9.79 Å². The third kappa shape index (κ3) is 5.14. The molecule has 23 heavy (non-hydrogen) atoms. The summed E-state index contributed by atoms with van der Waals surface area (Å²) >= 11 is 0. The first-order valence-electron chi connectivity index (χ1n) is 8.32. The van der Waals surface area contributed by atoms with Gasteiger partial charge in [0.25, 0.3) is 0 Å². The van der Waals surface area contributed by atoms with Crippen molar-refractivity contribution in [2.75, 3.05) is 0 Å². The van der Waals surface area contributed by atoms with Gasteiger partial charge < -0.3 is 0 Å². The van der Waals surface area contributed by atoms with Crippen LogP contribution in [-0.2, 0) is 10.9 Å². The second-order valence-electron chi connectivity index (χ2n) is 6.16. The molecule has 2 rings (SSSR count). The number of benzene rings is 2. The maximum Gasteiger partial charge on any atom is 0.165 e. The van der Waals surface area contributed by atoms with E-state index in [4.69, 9.17) is 0 Å². The van der Waals surface area contributed by atoms with Crippen molar-refractivity contribution in [3.05, 3.63) is 84.8 Å². The fourth-order valence-electron chi connectivity index (χ4n) is 2.81. The summed E-state index contributed by atoms with van der Waals surface area (Å²) in [6.07, 6.45) is 7.87. The molecule has 0 nitrogen and oxygen atoms in total. The van der Waals surface area contributed by atoms with Gasteiger partial charge in [-0.2, -0.15) is 0 Å². The maximum atomic E-state index is 3.94. The lowest BCUT2D eigenvalue weighted by atomic mass is 9.83. The Kier molecular flexibility index (Phi) is 6.73. The van der Waals surface area contributed by atoms with Gasteiger partial charge in [0.1, 0.15) is 5.41 Å². The van der Waals surface area contributed by atoms with Crippen LogP contribution in [0.3, 0.4) is 0 Å². The molecule has 0 bridgehead atoms. The van der Waals surface area contributed by atoms with Crippen molar-refractivity contribution < 1.29 is 0 Å². The van der Waals surface area contributed by atoms with Crippen molar-refractivity contribution in [2.45, 2.75) is 42.9 Å². The minimum atomic E-state index is -0.0198. The van der Waals surface area contributed by atoms with Crippen LogP contribution in [0.25, 0.3) is 0 Å². The Bertz CT molecular complexity index is 575. The van der Waals surface area contributed by atoms with Crippen molar-refractivity contribution in [3.8, 4) is 0 Å². The van der Waals surface area contributed by atoms with E-state index in [1.54, 1.807) is 0 Å². The highest BCUT2D eigenvalue weighted by molar-refractivity contribution is 7.99. The number of hydrogen-bond acceptors (Lipinski definition) is 0. The lowest BCUT2D eigenvalue weighted by molar-refractivity contribution is 0.392. The molecule has 1 atom stereocenters. The Balaban J connectivity index is 2.35. The molecule has 0 saturated heterocycles. The van der Waals surface area contributed by atoms with E-state index in [0.29, 0.717) is 0 Å². The van der Waals surface area contributed by atoms with E-state index < -0.39 is 0 Å². The minimum Gasteiger partial charge on any atom is -0.103 e. The summed E-state index contributed by atoms with van der Waals surface area (Å²) in [5.74, 6) is 0. The fourth-order valence-corrected chi connectivity index (χ4v) is 4.77. The van der Waals surface area contributed by atoms with Crippen LogP contribution in [0.15, 0.2) is 94.6 Å². The molecule has 0 amide bonds. The molecule has 0 heterocycles. The van der Waals surface area contributed by atoms with Gasteiger partial charge in [-0.15, -0.1) is 6.58 Å². The van der Waals surface area contributed by atoms with E-state index in [1.165, 1.54) is 22.6 Å². The zero-order valence-corrected chi connectivity index (χ0v) is 15.1. The van der Waals surface area contributed by atoms with Crippen LogP contribution in [0, 0.1) is 5.41 Å². The first-order valence-corrected chi connectivity index (χ1v) is 9.61. The molecular formula is C22H27S+. The second-order valence-corrected chi connectivity index (χ2v) is 8.05. The lowest BCUT2D eigenvalue weighted by Crippen LogP contribution is -2.12. The third-order valence-electron chi connectivity index (χ3n) is 4.03. The fraction of sp³-hybridized carbons (Fsp3) is 0.273. The normalized spacial score (nSPS) is 14.0. The van der Waals surface area contributed by atoms with Crippen LogP contribution in [0.4, 0.5) is 0 Å². The summed E-state index contributed by atoms with van der Waals surface area (Å²) in [5.41, 5.74) is 0.200. The van der Waals surface area contributed by atoms with Crippen molar-refractivity contribution in [1.82, 2.24) is 0 Å². The molecular weight excluding hydrogens is 296 g/mol. The van der Waals surface area contributed by atoms with Crippen LogP contribution in [0.5, 0.6) is 0 Å². The highest BCUT2D eigenvalue weighted by atomic mass is 32.2. The molecule has 0 spiro atoms. The minimum absolute atomic E-state index is 0.0198. The monoisotopic (exact) mass is 323 g/mol. The molecule has 0 saturated carbocycles. The summed E-state index contributed by atoms with van der Waals surface area (Å²) < 4.78 is 0. The molecule has 2 aromatic rings. The molecule has 120 valence electrons. The first kappa shape index (κ1) is 17.6. The van der Waals surface area contributed by atoms with E-state index in [-0.39, 0.29) is 16.3 Å². The predicted octanol–water partition coefficient (Wildman–Crippen LogP) is 6.62. The highest BCUT2D eigenvalue weighted by Gasteiger charge is 2.25. The summed E-state index contributed by atoms with van der Waals surface area (Å²) in [5, 5.41) is 2.41. The van der Waals surface area contributed by atoms with Crippen LogP contribution >= 0.6 is 0 Å². The van der Waals surface area contributed by atoms with Gasteiger partial charge in [-0.05, 0) is 48.6 Å². The van der Waals surface area contributed by atoms with Crippen molar-refractivity contribution >= 4 is 10.9 Å². The highest BCUT2D eigenvalue weighted by Crippen LogP contribution is 2.32. The molecule has 0 fully saturated rings. The molecule has 0 radical (unpaired) electrons. The van der Waals surface area contributed by atoms with Crippen LogP contribution < -0.4 is 0 Å². The summed E-state index contributed by atoms with van der Waals surface area (Å²) in [4.78, 5) is 2.74. The van der Waals surface area contributed by atoms with E-state index in [0.717, 1.165) is 6.42 Å². The molecule has 1 unspecified atom stereocenters. The smallest absolute Gasteiger partial charge is 0.103 e. The average molecular weight is 324 g/mol. The molecule has 0 aliphatic heterocycles. The van der Waals surface area contributed by atoms with Gasteiger partial charge in [0.2, 0.25) is 0 Å². The van der Waals surface area contributed by atoms with Gasteiger partial charge in [-0.1, -0.05) is 62.7 Å². The zero-order chi connectivity index (χ0) is 16.5. The van der Waals surface area contributed by atoms with Crippen LogP contribution in [0.1, 0.15) is 33.1 Å². The standard InChI is InChI=1S/C22H27S/c1-4-16-22(3,17-5-2)18-19-23(20-12-8-6-9-13-20)21-14-10-7-11-15-21/h4,6-15,18-19H,1,5,16-17H2,2-3H3/q+1/b19-18+. The molecule has 0 N–H and O–H groups in total. The number of allylic oxidation sites excluding steroid dienone is 2. The van der Waals surface area contributed by atoms with E-state index in [2.05, 4.69) is 92.6 Å². The van der Waals surface area contributed by atoms with Crippen molar-refractivity contribution in [3.63, 3.8) is 0 Å². The quantitative estimate of drug-likeness (QED) is 0.378. The summed E-state index contributed by atoms with van der Waals surface area (Å²) in [6.45, 7) is 8.53. The van der Waals surface area contributed by atoms with Crippen molar-refractivity contribution in [2.24, 2.45) is 5.41 Å². The maximum absolute atomic E-state index is 3.94. The van der Waals surface area contributed by atoms with E-state index >= 15 is 0 Å². The molecule has 1 heteroatoms. The Morgan fingerprint density at radius 1 is 0.957 bits per heavy atom. The van der Waals surface area contributed by atoms with Crippen LogP contribution in [-0.4, -0.2) is 0 Å². The zero-order valence-electron chi connectivity index (χ0n) is 14.2. The Morgan fingerprint density at radius 2 is 1.48 bits per heavy atom. The van der Waals surface area contributed by atoms with E-state index in [1.807, 2.05) is 6.08 Å². The Morgan fingerprint density at radius 3 is 1.91 bits per heavy atom. The SMILES string of the molecule is C=CCC(C)(/C=C/[S+](c1ccccc1)c1ccccc1)CCC. The molecule has 0 aliphatic carbocycles. The van der Waals surface area contributed by atoms with Gasteiger partial charge in [-0.3, -0.25) is 0 Å². The van der Waals surface area contributed by atoms with Gasteiger partial charge in [0, 0.05) is 0 Å². The number of hydrogen-bond donors (Lipinski definition) is 0. The topological polar surface area (TPSA) is 0 Å². The van der Waals surface area contributed by atoms with Gasteiger partial charge in [-0.25, -0.2) is 0 Å². The second kappa shape index (κ2) is 8.79. The molecule has 2 aromatic carbocycles. The predicted molar refractivity (Wildman–Crippen MR) is 104 cm³/mol. The Hall–Kier alpha value is -1.73. The molecule has 0 aromatic heterocycles. The van der Waals surface area contributed by atoms with Crippen molar-refractivity contribution in [1.29, 1.82) is 0 Å². The van der Waals surface area contributed by atoms with E-state index in [9.17, 15) is 0 Å². The summed E-state index contributed by atoms with van der Waals surface area (Å²) in [7, 11) is -0.0198. The van der Waals surface area contributed by atoms with Gasteiger partial charge in [0.05, 0.1) is 10.9 Å². The largest absolute Gasteiger partial charge is 0.165 e. The van der Waals surface area contributed by atoms with Crippen LogP contribution in [0.2, 0.25) is 0 Å². The Labute approximate surface area is 144 Å². The molecule has 0 aliphatic rings. The number of rotatable bonds is 8. The lowest BCUT2D eigenvalue weighted by Gasteiger charge is -2.23. The summed E-state index contributed by atoms with van der Waals surface area (Å²) in [6, 6.07) is 21.6. The third-order valence-corrected chi connectivity index (χ3v) is 6.00.